The monoisotopic (exact) mass is 485 g/mol. The molecule has 1 aliphatic carbocycles. The number of anilines is 2. The van der Waals surface area contributed by atoms with Crippen LogP contribution < -0.4 is 21.4 Å². The first kappa shape index (κ1) is 23.0. The molecule has 1 amide bonds. The van der Waals surface area contributed by atoms with E-state index in [4.69, 9.17) is 0 Å². The van der Waals surface area contributed by atoms with Crippen LogP contribution in [0.1, 0.15) is 42.1 Å². The van der Waals surface area contributed by atoms with Crippen molar-refractivity contribution in [2.75, 3.05) is 23.9 Å². The largest absolute Gasteiger partial charge is 0.380 e. The number of hydrazine groups is 1. The summed E-state index contributed by atoms with van der Waals surface area (Å²) in [5.41, 5.74) is 6.47. The lowest BCUT2D eigenvalue weighted by atomic mass is 9.88. The Labute approximate surface area is 199 Å². The van der Waals surface area contributed by atoms with Crippen LogP contribution in [0.4, 0.5) is 11.5 Å². The van der Waals surface area contributed by atoms with Crippen LogP contribution in [0.15, 0.2) is 29.3 Å². The summed E-state index contributed by atoms with van der Waals surface area (Å²) in [5, 5.41) is 11.7. The Morgan fingerprint density at radius 2 is 1.91 bits per heavy atom. The molecule has 4 atom stereocenters. The predicted octanol–water partition coefficient (Wildman–Crippen LogP) is 1.51. The lowest BCUT2D eigenvalue weighted by Gasteiger charge is -2.39. The average molecular weight is 486 g/mol. The van der Waals surface area contributed by atoms with Crippen LogP contribution in [0.2, 0.25) is 0 Å². The smallest absolute Gasteiger partial charge is 0.244 e. The molecule has 0 spiro atoms. The van der Waals surface area contributed by atoms with Crippen LogP contribution in [0.25, 0.3) is 0 Å². The van der Waals surface area contributed by atoms with Gasteiger partial charge in [0.25, 0.3) is 0 Å². The van der Waals surface area contributed by atoms with Crippen molar-refractivity contribution in [1.29, 1.82) is 0 Å². The van der Waals surface area contributed by atoms with Crippen LogP contribution in [0, 0.1) is 19.8 Å². The third kappa shape index (κ3) is 4.47. The molecule has 11 heteroatoms. The summed E-state index contributed by atoms with van der Waals surface area (Å²) in [6, 6.07) is 5.32. The van der Waals surface area contributed by atoms with E-state index in [1.165, 1.54) is 11.3 Å². The summed E-state index contributed by atoms with van der Waals surface area (Å²) in [5.74, 6) is 0.639. The summed E-state index contributed by atoms with van der Waals surface area (Å²) >= 11 is 0. The second-order valence-electron chi connectivity index (χ2n) is 9.61. The number of nitrogens with zero attached hydrogens (tertiary/aromatic N) is 3. The molecule has 34 heavy (non-hydrogen) atoms. The molecular weight excluding hydrogens is 454 g/mol. The van der Waals surface area contributed by atoms with Crippen molar-refractivity contribution in [2.24, 2.45) is 5.92 Å². The topological polar surface area (TPSA) is 128 Å². The van der Waals surface area contributed by atoms with E-state index in [-0.39, 0.29) is 29.2 Å². The summed E-state index contributed by atoms with van der Waals surface area (Å²) in [6.07, 6.45) is 5.11. The van der Waals surface area contributed by atoms with Gasteiger partial charge < -0.3 is 10.6 Å². The Morgan fingerprint density at radius 1 is 1.15 bits per heavy atom. The molecular formula is C23H31N7O3S. The van der Waals surface area contributed by atoms with Crippen molar-refractivity contribution in [2.45, 2.75) is 62.3 Å². The minimum absolute atomic E-state index is 0.0464. The minimum atomic E-state index is -3.45. The molecule has 182 valence electrons. The molecule has 4 N–H and O–H groups in total. The number of fused-ring (bicyclic) bond motifs is 1. The highest BCUT2D eigenvalue weighted by molar-refractivity contribution is 7.90. The number of aromatic nitrogens is 2. The first-order chi connectivity index (χ1) is 16.1. The number of rotatable bonds is 6. The van der Waals surface area contributed by atoms with E-state index in [1.54, 1.807) is 19.3 Å². The van der Waals surface area contributed by atoms with Crippen molar-refractivity contribution >= 4 is 27.2 Å². The lowest BCUT2D eigenvalue weighted by Crippen LogP contribution is -2.61. The van der Waals surface area contributed by atoms with E-state index in [0.717, 1.165) is 29.8 Å². The molecule has 10 nitrogen and oxygen atoms in total. The molecule has 4 unspecified atom stereocenters. The molecule has 0 bridgehead atoms. The Morgan fingerprint density at radius 3 is 2.59 bits per heavy atom. The molecule has 1 aromatic carbocycles. The second kappa shape index (κ2) is 8.47. The Balaban J connectivity index is 1.43. The number of sulfone groups is 1. The summed E-state index contributed by atoms with van der Waals surface area (Å²) in [6.45, 7) is 3.82. The molecule has 1 aromatic heterocycles. The van der Waals surface area contributed by atoms with E-state index in [0.29, 0.717) is 23.8 Å². The third-order valence-electron chi connectivity index (χ3n) is 6.92. The average Bonchev–Trinajstić information content (AvgIpc) is 3.57. The van der Waals surface area contributed by atoms with Crippen LogP contribution in [-0.2, 0) is 14.6 Å². The van der Waals surface area contributed by atoms with E-state index in [2.05, 4.69) is 31.3 Å². The molecule has 3 heterocycles. The van der Waals surface area contributed by atoms with Crippen LogP contribution in [0.5, 0.6) is 0 Å². The number of carbonyl (C=O) groups excluding carboxylic acids is 1. The quantitative estimate of drug-likeness (QED) is 0.481. The van der Waals surface area contributed by atoms with Gasteiger partial charge in [0.2, 0.25) is 5.91 Å². The van der Waals surface area contributed by atoms with Gasteiger partial charge in [-0.2, -0.15) is 0 Å². The van der Waals surface area contributed by atoms with Crippen molar-refractivity contribution in [1.82, 2.24) is 25.7 Å². The zero-order valence-corrected chi connectivity index (χ0v) is 20.6. The van der Waals surface area contributed by atoms with Crippen LogP contribution in [-0.4, -0.2) is 61.0 Å². The van der Waals surface area contributed by atoms with Gasteiger partial charge in [-0.3, -0.25) is 20.1 Å². The highest BCUT2D eigenvalue weighted by Crippen LogP contribution is 2.42. The maximum atomic E-state index is 12.9. The number of aryl methyl sites for hydroxylation is 2. The first-order valence-corrected chi connectivity index (χ1v) is 13.5. The number of piperidine rings is 1. The molecule has 3 aliphatic rings. The van der Waals surface area contributed by atoms with E-state index < -0.39 is 15.8 Å². The Hall–Kier alpha value is -2.76. The standard InChI is InChI=1S/C23H31N7O3S/c1-12-13(2)25-20(11-24-12)27-19-10-17(21-22(28-19)29-30(3)23(21)31)26-16-8-7-15(14-5-6-14)9-18(16)34(4,32)33/h7-9,11,14,17,19,21-22,26,28-29H,5-6,10H2,1-4H3,(H,25,27). The Bertz CT molecular complexity index is 1230. The van der Waals surface area contributed by atoms with Crippen LogP contribution in [0.3, 0.4) is 0 Å². The number of hydrogen-bond donors (Lipinski definition) is 4. The van der Waals surface area contributed by atoms with Gasteiger partial charge >= 0.3 is 0 Å². The number of benzene rings is 1. The van der Waals surface area contributed by atoms with Gasteiger partial charge in [-0.05, 0) is 50.3 Å². The van der Waals surface area contributed by atoms with E-state index >= 15 is 0 Å². The fourth-order valence-electron chi connectivity index (χ4n) is 4.82. The molecule has 1 saturated carbocycles. The van der Waals surface area contributed by atoms with Gasteiger partial charge in [-0.25, -0.2) is 18.8 Å². The predicted molar refractivity (Wildman–Crippen MR) is 129 cm³/mol. The molecule has 2 saturated heterocycles. The zero-order valence-electron chi connectivity index (χ0n) is 19.8. The van der Waals surface area contributed by atoms with E-state index in [9.17, 15) is 13.2 Å². The molecule has 5 rings (SSSR count). The second-order valence-corrected chi connectivity index (χ2v) is 11.6. The third-order valence-corrected chi connectivity index (χ3v) is 8.06. The van der Waals surface area contributed by atoms with Gasteiger partial charge in [0.1, 0.15) is 5.82 Å². The van der Waals surface area contributed by atoms with E-state index in [1.807, 2.05) is 26.0 Å². The maximum absolute atomic E-state index is 12.9. The lowest BCUT2D eigenvalue weighted by molar-refractivity contribution is -0.131. The van der Waals surface area contributed by atoms with Gasteiger partial charge in [0, 0.05) is 25.8 Å². The summed E-state index contributed by atoms with van der Waals surface area (Å²) in [4.78, 5) is 22.2. The van der Waals surface area contributed by atoms with Crippen molar-refractivity contribution < 1.29 is 13.2 Å². The first-order valence-electron chi connectivity index (χ1n) is 11.6. The van der Waals surface area contributed by atoms with Gasteiger partial charge in [0.15, 0.2) is 9.84 Å². The summed E-state index contributed by atoms with van der Waals surface area (Å²) < 4.78 is 25.3. The maximum Gasteiger partial charge on any atom is 0.244 e. The molecule has 2 aromatic rings. The highest BCUT2D eigenvalue weighted by Gasteiger charge is 2.48. The van der Waals surface area contributed by atoms with Gasteiger partial charge in [0.05, 0.1) is 46.4 Å². The number of nitrogens with one attached hydrogen (secondary N) is 4. The zero-order chi connectivity index (χ0) is 24.2. The number of carbonyl (C=O) groups is 1. The van der Waals surface area contributed by atoms with Gasteiger partial charge in [-0.1, -0.05) is 6.07 Å². The molecule has 3 fully saturated rings. The normalized spacial score (nSPS) is 26.9. The molecule has 2 aliphatic heterocycles. The fraction of sp³-hybridized carbons (Fsp3) is 0.522. The van der Waals surface area contributed by atoms with Crippen LogP contribution >= 0.6 is 0 Å². The number of amides is 1. The fourth-order valence-corrected chi connectivity index (χ4v) is 5.70. The number of hydrogen-bond acceptors (Lipinski definition) is 9. The highest BCUT2D eigenvalue weighted by atomic mass is 32.2. The van der Waals surface area contributed by atoms with Crippen molar-refractivity contribution in [3.05, 3.63) is 41.3 Å². The van der Waals surface area contributed by atoms with Gasteiger partial charge in [-0.15, -0.1) is 0 Å². The minimum Gasteiger partial charge on any atom is -0.380 e. The van der Waals surface area contributed by atoms with Crippen molar-refractivity contribution in [3.8, 4) is 0 Å². The SMILES string of the molecule is Cc1ncc(NC2CC(Nc3ccc(C4CC4)cc3S(C)(=O)=O)C3C(=O)N(C)NC3N2)nc1C. The van der Waals surface area contributed by atoms with Crippen molar-refractivity contribution in [3.63, 3.8) is 0 Å². The summed E-state index contributed by atoms with van der Waals surface area (Å²) in [7, 11) is -1.76. The molecule has 0 radical (unpaired) electrons. The Kier molecular flexibility index (Phi) is 5.73.